The molecule has 100 valence electrons. The molecule has 0 radical (unpaired) electrons. The quantitative estimate of drug-likeness (QED) is 0.842. The first-order valence-electron chi connectivity index (χ1n) is 6.74. The summed E-state index contributed by atoms with van der Waals surface area (Å²) in [6.07, 6.45) is 5.09. The minimum Gasteiger partial charge on any atom is -0.388 e. The molecular weight excluding hydrogens is 251 g/mol. The Hall–Kier alpha value is -0.600. The van der Waals surface area contributed by atoms with Crippen molar-refractivity contribution in [3.05, 3.63) is 34.6 Å². The van der Waals surface area contributed by atoms with Crippen molar-refractivity contribution in [3.63, 3.8) is 0 Å². The van der Waals surface area contributed by atoms with Crippen molar-refractivity contribution < 1.29 is 9.50 Å². The van der Waals surface area contributed by atoms with Gasteiger partial charge in [-0.05, 0) is 42.4 Å². The van der Waals surface area contributed by atoms with E-state index in [-0.39, 0.29) is 11.7 Å². The number of rotatable bonds is 3. The highest BCUT2D eigenvalue weighted by atomic mass is 35.5. The van der Waals surface area contributed by atoms with Crippen LogP contribution in [0.5, 0.6) is 0 Å². The van der Waals surface area contributed by atoms with Crippen LogP contribution in [0.25, 0.3) is 0 Å². The Morgan fingerprint density at radius 3 is 2.56 bits per heavy atom. The molecule has 18 heavy (non-hydrogen) atoms. The Balaban J connectivity index is 2.05. The van der Waals surface area contributed by atoms with Crippen LogP contribution in [-0.4, -0.2) is 5.11 Å². The smallest absolute Gasteiger partial charge is 0.124 e. The number of aliphatic hydroxyl groups is 1. The van der Waals surface area contributed by atoms with E-state index in [0.29, 0.717) is 10.6 Å². The molecule has 3 heteroatoms. The van der Waals surface area contributed by atoms with Gasteiger partial charge in [0.2, 0.25) is 0 Å². The normalized spacial score (nSPS) is 26.0. The first-order chi connectivity index (χ1) is 8.61. The van der Waals surface area contributed by atoms with E-state index in [1.54, 1.807) is 6.07 Å². The summed E-state index contributed by atoms with van der Waals surface area (Å²) >= 11 is 6.00. The molecule has 1 unspecified atom stereocenters. The summed E-state index contributed by atoms with van der Waals surface area (Å²) < 4.78 is 13.0. The molecule has 1 fully saturated rings. The number of benzene rings is 1. The van der Waals surface area contributed by atoms with Crippen LogP contribution in [0.15, 0.2) is 18.2 Å². The molecule has 1 aromatic carbocycles. The lowest BCUT2D eigenvalue weighted by molar-refractivity contribution is 0.0730. The van der Waals surface area contributed by atoms with E-state index in [9.17, 15) is 9.50 Å². The van der Waals surface area contributed by atoms with E-state index in [1.807, 2.05) is 0 Å². The van der Waals surface area contributed by atoms with Gasteiger partial charge in [-0.3, -0.25) is 0 Å². The second kappa shape index (κ2) is 6.03. The van der Waals surface area contributed by atoms with Crippen molar-refractivity contribution in [1.82, 2.24) is 0 Å². The summed E-state index contributed by atoms with van der Waals surface area (Å²) in [6.45, 7) is 2.22. The summed E-state index contributed by atoms with van der Waals surface area (Å²) in [4.78, 5) is 0. The van der Waals surface area contributed by atoms with E-state index >= 15 is 0 Å². The van der Waals surface area contributed by atoms with E-state index in [2.05, 4.69) is 6.92 Å². The zero-order valence-corrected chi connectivity index (χ0v) is 11.5. The summed E-state index contributed by atoms with van der Waals surface area (Å²) in [6, 6.07) is 4.24. The third-order valence-electron chi connectivity index (χ3n) is 4.20. The molecule has 1 aliphatic rings. The lowest BCUT2D eigenvalue weighted by Crippen LogP contribution is -2.20. The fraction of sp³-hybridized carbons (Fsp3) is 0.600. The highest BCUT2D eigenvalue weighted by Gasteiger charge is 2.27. The first-order valence-corrected chi connectivity index (χ1v) is 7.12. The van der Waals surface area contributed by atoms with Gasteiger partial charge in [-0.1, -0.05) is 43.9 Å². The Morgan fingerprint density at radius 1 is 1.33 bits per heavy atom. The topological polar surface area (TPSA) is 20.2 Å². The third kappa shape index (κ3) is 3.04. The van der Waals surface area contributed by atoms with Crippen LogP contribution in [0.2, 0.25) is 5.02 Å². The molecular formula is C15H20ClFO. The van der Waals surface area contributed by atoms with Gasteiger partial charge in [-0.2, -0.15) is 0 Å². The van der Waals surface area contributed by atoms with E-state index in [4.69, 9.17) is 11.6 Å². The Kier molecular flexibility index (Phi) is 4.63. The second-order valence-corrected chi connectivity index (χ2v) is 5.71. The van der Waals surface area contributed by atoms with Crippen molar-refractivity contribution in [2.75, 3.05) is 0 Å². The minimum atomic E-state index is -0.559. The van der Waals surface area contributed by atoms with E-state index in [1.165, 1.54) is 31.4 Å². The second-order valence-electron chi connectivity index (χ2n) is 5.30. The number of aliphatic hydroxyl groups excluding tert-OH is 1. The Labute approximate surface area is 113 Å². The van der Waals surface area contributed by atoms with Crippen LogP contribution < -0.4 is 0 Å². The molecule has 0 bridgehead atoms. The van der Waals surface area contributed by atoms with Gasteiger partial charge in [-0.15, -0.1) is 0 Å². The van der Waals surface area contributed by atoms with Crippen molar-refractivity contribution in [2.24, 2.45) is 11.8 Å². The molecule has 0 heterocycles. The van der Waals surface area contributed by atoms with Gasteiger partial charge in [0, 0.05) is 5.02 Å². The number of halogens is 2. The zero-order chi connectivity index (χ0) is 13.1. The van der Waals surface area contributed by atoms with Gasteiger partial charge < -0.3 is 5.11 Å². The molecule has 0 amide bonds. The van der Waals surface area contributed by atoms with Gasteiger partial charge in [0.15, 0.2) is 0 Å². The molecule has 0 aromatic heterocycles. The van der Waals surface area contributed by atoms with Gasteiger partial charge in [-0.25, -0.2) is 4.39 Å². The van der Waals surface area contributed by atoms with Crippen LogP contribution in [-0.2, 0) is 0 Å². The minimum absolute atomic E-state index is 0.260. The number of hydrogen-bond donors (Lipinski definition) is 1. The summed E-state index contributed by atoms with van der Waals surface area (Å²) in [5.74, 6) is 0.707. The lowest BCUT2D eigenvalue weighted by atomic mass is 9.77. The molecule has 1 aromatic rings. The predicted molar refractivity (Wildman–Crippen MR) is 72.1 cm³/mol. The summed E-state index contributed by atoms with van der Waals surface area (Å²) in [5.41, 5.74) is 0.665. The SMILES string of the molecule is CCC1CCC(C(O)c2ccc(F)cc2Cl)CC1. The standard InChI is InChI=1S/C15H20ClFO/c1-2-10-3-5-11(6-4-10)15(18)13-8-7-12(17)9-14(13)16/h7-11,15,18H,2-6H2,1H3. The maximum absolute atomic E-state index is 13.0. The van der Waals surface area contributed by atoms with Crippen molar-refractivity contribution in [1.29, 1.82) is 0 Å². The van der Waals surface area contributed by atoms with Crippen LogP contribution in [0.4, 0.5) is 4.39 Å². The molecule has 0 spiro atoms. The van der Waals surface area contributed by atoms with Crippen LogP contribution >= 0.6 is 11.6 Å². The van der Waals surface area contributed by atoms with E-state index < -0.39 is 6.10 Å². The average molecular weight is 271 g/mol. The summed E-state index contributed by atoms with van der Waals surface area (Å²) in [5, 5.41) is 10.7. The summed E-state index contributed by atoms with van der Waals surface area (Å²) in [7, 11) is 0. The molecule has 1 nitrogen and oxygen atoms in total. The Bertz CT molecular complexity index is 399. The largest absolute Gasteiger partial charge is 0.388 e. The fourth-order valence-corrected chi connectivity index (χ4v) is 3.19. The maximum atomic E-state index is 13.0. The zero-order valence-electron chi connectivity index (χ0n) is 10.7. The molecule has 2 rings (SSSR count). The van der Waals surface area contributed by atoms with Crippen LogP contribution in [0, 0.1) is 17.7 Å². The first kappa shape index (κ1) is 13.8. The molecule has 0 saturated heterocycles. The molecule has 1 aliphatic carbocycles. The average Bonchev–Trinajstić information content (AvgIpc) is 2.38. The van der Waals surface area contributed by atoms with Gasteiger partial charge in [0.1, 0.15) is 5.82 Å². The van der Waals surface area contributed by atoms with Gasteiger partial charge in [0.05, 0.1) is 6.10 Å². The monoisotopic (exact) mass is 270 g/mol. The molecule has 1 atom stereocenters. The number of hydrogen-bond acceptors (Lipinski definition) is 1. The lowest BCUT2D eigenvalue weighted by Gasteiger charge is -2.31. The van der Waals surface area contributed by atoms with Crippen molar-refractivity contribution in [3.8, 4) is 0 Å². The third-order valence-corrected chi connectivity index (χ3v) is 4.52. The van der Waals surface area contributed by atoms with Crippen LogP contribution in [0.1, 0.15) is 50.7 Å². The van der Waals surface area contributed by atoms with Crippen molar-refractivity contribution in [2.45, 2.75) is 45.1 Å². The molecule has 1 saturated carbocycles. The molecule has 0 aliphatic heterocycles. The maximum Gasteiger partial charge on any atom is 0.124 e. The molecule has 1 N–H and O–H groups in total. The van der Waals surface area contributed by atoms with Gasteiger partial charge >= 0.3 is 0 Å². The predicted octanol–water partition coefficient (Wildman–Crippen LogP) is 4.73. The van der Waals surface area contributed by atoms with Crippen molar-refractivity contribution >= 4 is 11.6 Å². The van der Waals surface area contributed by atoms with Crippen LogP contribution in [0.3, 0.4) is 0 Å². The fourth-order valence-electron chi connectivity index (χ4n) is 2.91. The van der Waals surface area contributed by atoms with Gasteiger partial charge in [0.25, 0.3) is 0 Å². The van der Waals surface area contributed by atoms with E-state index in [0.717, 1.165) is 18.8 Å². The highest BCUT2D eigenvalue weighted by Crippen LogP contribution is 2.39. The Morgan fingerprint density at radius 2 is 2.00 bits per heavy atom. The highest BCUT2D eigenvalue weighted by molar-refractivity contribution is 6.31.